The summed E-state index contributed by atoms with van der Waals surface area (Å²) in [5.41, 5.74) is 8.29. The number of nitrogens with two attached hydrogens (primary N) is 1. The number of nitrogens with zero attached hydrogens (tertiary/aromatic N) is 2. The average molecular weight is 241 g/mol. The van der Waals surface area contributed by atoms with Crippen molar-refractivity contribution < 1.29 is 4.79 Å². The third-order valence-electron chi connectivity index (χ3n) is 3.57. The van der Waals surface area contributed by atoms with Crippen molar-refractivity contribution in [1.29, 1.82) is 0 Å². The molecule has 0 unspecified atom stereocenters. The fraction of sp³-hybridized carbons (Fsp3) is 0.286. The molecule has 1 atom stereocenters. The molecule has 92 valence electrons. The summed E-state index contributed by atoms with van der Waals surface area (Å²) in [6, 6.07) is 7.89. The highest BCUT2D eigenvalue weighted by molar-refractivity contribution is 5.92. The molecule has 1 aliphatic heterocycles. The number of primary amides is 1. The predicted molar refractivity (Wildman–Crippen MR) is 68.3 cm³/mol. The Kier molecular flexibility index (Phi) is 2.63. The summed E-state index contributed by atoms with van der Waals surface area (Å²) in [5, 5.41) is 0. The van der Waals surface area contributed by atoms with Gasteiger partial charge in [-0.3, -0.25) is 4.79 Å². The van der Waals surface area contributed by atoms with Crippen LogP contribution >= 0.6 is 0 Å². The molecule has 0 bridgehead atoms. The monoisotopic (exact) mass is 241 g/mol. The fourth-order valence-corrected chi connectivity index (χ4v) is 2.62. The van der Waals surface area contributed by atoms with Crippen LogP contribution in [0.25, 0.3) is 0 Å². The summed E-state index contributed by atoms with van der Waals surface area (Å²) in [4.78, 5) is 15.3. The van der Waals surface area contributed by atoms with Crippen LogP contribution in [0.5, 0.6) is 0 Å². The summed E-state index contributed by atoms with van der Waals surface area (Å²) in [7, 11) is 0. The molecule has 0 spiro atoms. The van der Waals surface area contributed by atoms with Crippen molar-refractivity contribution in [3.63, 3.8) is 0 Å². The van der Waals surface area contributed by atoms with Crippen LogP contribution in [-0.4, -0.2) is 15.5 Å². The molecule has 2 aromatic rings. The molecule has 4 nitrogen and oxygen atoms in total. The number of carbonyl (C=O) groups is 1. The van der Waals surface area contributed by atoms with Crippen molar-refractivity contribution in [3.05, 3.63) is 53.6 Å². The van der Waals surface area contributed by atoms with E-state index < -0.39 is 0 Å². The number of amides is 1. The second-order valence-corrected chi connectivity index (χ2v) is 4.69. The number of hydrogen-bond acceptors (Lipinski definition) is 2. The Labute approximate surface area is 105 Å². The number of aryl methyl sites for hydroxylation is 1. The lowest BCUT2D eigenvalue weighted by molar-refractivity contribution is 0.100. The van der Waals surface area contributed by atoms with Crippen molar-refractivity contribution >= 4 is 5.91 Å². The largest absolute Gasteiger partial charge is 0.366 e. The zero-order chi connectivity index (χ0) is 12.5. The predicted octanol–water partition coefficient (Wildman–Crippen LogP) is 1.91. The van der Waals surface area contributed by atoms with Crippen LogP contribution in [0.2, 0.25) is 0 Å². The maximum absolute atomic E-state index is 11.1. The second-order valence-electron chi connectivity index (χ2n) is 4.69. The standard InChI is InChI=1S/C14H15N3O/c15-14(18)11-6-4-10(5-7-11)13-3-1-2-12-8-16-9-17(12)13/h4-9,13H,1-3H2,(H2,15,18)/t13-/m1/s1. The average Bonchev–Trinajstić information content (AvgIpc) is 2.87. The van der Waals surface area contributed by atoms with Crippen molar-refractivity contribution in [1.82, 2.24) is 9.55 Å². The maximum Gasteiger partial charge on any atom is 0.248 e. The molecule has 2 heterocycles. The first-order chi connectivity index (χ1) is 8.75. The van der Waals surface area contributed by atoms with Gasteiger partial charge in [0.05, 0.1) is 12.4 Å². The molecular formula is C14H15N3O. The molecule has 1 aromatic carbocycles. The lowest BCUT2D eigenvalue weighted by Gasteiger charge is -2.25. The fourth-order valence-electron chi connectivity index (χ4n) is 2.62. The highest BCUT2D eigenvalue weighted by Crippen LogP contribution is 2.30. The van der Waals surface area contributed by atoms with Crippen molar-refractivity contribution in [2.45, 2.75) is 25.3 Å². The van der Waals surface area contributed by atoms with E-state index >= 15 is 0 Å². The lowest BCUT2D eigenvalue weighted by Crippen LogP contribution is -2.18. The number of imidazole rings is 1. The van der Waals surface area contributed by atoms with Crippen LogP contribution in [0.4, 0.5) is 0 Å². The maximum atomic E-state index is 11.1. The van der Waals surface area contributed by atoms with E-state index in [9.17, 15) is 4.79 Å². The summed E-state index contributed by atoms with van der Waals surface area (Å²) >= 11 is 0. The van der Waals surface area contributed by atoms with Crippen LogP contribution < -0.4 is 5.73 Å². The Morgan fingerprint density at radius 2 is 2.11 bits per heavy atom. The zero-order valence-corrected chi connectivity index (χ0v) is 10.0. The highest BCUT2D eigenvalue weighted by Gasteiger charge is 2.20. The Hall–Kier alpha value is -2.10. The van der Waals surface area contributed by atoms with Crippen molar-refractivity contribution in [3.8, 4) is 0 Å². The van der Waals surface area contributed by atoms with Crippen molar-refractivity contribution in [2.24, 2.45) is 5.73 Å². The molecule has 1 aliphatic rings. The van der Waals surface area contributed by atoms with Gasteiger partial charge in [-0.1, -0.05) is 12.1 Å². The molecule has 2 N–H and O–H groups in total. The first kappa shape index (κ1) is 11.0. The molecular weight excluding hydrogens is 226 g/mol. The number of hydrogen-bond donors (Lipinski definition) is 1. The van der Waals surface area contributed by atoms with E-state index in [0.29, 0.717) is 11.6 Å². The van der Waals surface area contributed by atoms with Gasteiger partial charge in [-0.15, -0.1) is 0 Å². The van der Waals surface area contributed by atoms with E-state index in [1.54, 1.807) is 12.1 Å². The van der Waals surface area contributed by atoms with Gasteiger partial charge >= 0.3 is 0 Å². The minimum atomic E-state index is -0.381. The molecule has 4 heteroatoms. The van der Waals surface area contributed by atoms with Gasteiger partial charge in [-0.25, -0.2) is 4.98 Å². The first-order valence-electron chi connectivity index (χ1n) is 6.16. The van der Waals surface area contributed by atoms with Gasteiger partial charge in [-0.2, -0.15) is 0 Å². The zero-order valence-electron chi connectivity index (χ0n) is 10.0. The molecule has 0 saturated heterocycles. The topological polar surface area (TPSA) is 60.9 Å². The molecule has 3 rings (SSSR count). The Bertz CT molecular complexity index is 571. The van der Waals surface area contributed by atoms with Gasteiger partial charge < -0.3 is 10.3 Å². The smallest absolute Gasteiger partial charge is 0.248 e. The third-order valence-corrected chi connectivity index (χ3v) is 3.57. The van der Waals surface area contributed by atoms with Crippen LogP contribution in [0.15, 0.2) is 36.8 Å². The summed E-state index contributed by atoms with van der Waals surface area (Å²) in [6.07, 6.45) is 7.20. The molecule has 0 fully saturated rings. The summed E-state index contributed by atoms with van der Waals surface area (Å²) in [5.74, 6) is -0.381. The Morgan fingerprint density at radius 3 is 2.83 bits per heavy atom. The molecule has 18 heavy (non-hydrogen) atoms. The Morgan fingerprint density at radius 1 is 1.33 bits per heavy atom. The van der Waals surface area contributed by atoms with E-state index in [1.807, 2.05) is 24.7 Å². The van der Waals surface area contributed by atoms with Crippen LogP contribution in [-0.2, 0) is 6.42 Å². The minimum Gasteiger partial charge on any atom is -0.366 e. The number of aromatic nitrogens is 2. The molecule has 0 radical (unpaired) electrons. The number of fused-ring (bicyclic) bond motifs is 1. The quantitative estimate of drug-likeness (QED) is 0.873. The van der Waals surface area contributed by atoms with E-state index in [0.717, 1.165) is 12.8 Å². The number of benzene rings is 1. The number of carbonyl (C=O) groups excluding carboxylic acids is 1. The van der Waals surface area contributed by atoms with Crippen molar-refractivity contribution in [2.75, 3.05) is 0 Å². The normalized spacial score (nSPS) is 18.3. The Balaban J connectivity index is 1.95. The molecule has 0 aliphatic carbocycles. The van der Waals surface area contributed by atoms with Crippen LogP contribution in [0.3, 0.4) is 0 Å². The van der Waals surface area contributed by atoms with E-state index in [1.165, 1.54) is 17.7 Å². The summed E-state index contributed by atoms with van der Waals surface area (Å²) < 4.78 is 2.22. The van der Waals surface area contributed by atoms with Gasteiger partial charge in [0.1, 0.15) is 0 Å². The molecule has 1 amide bonds. The van der Waals surface area contributed by atoms with Gasteiger partial charge in [0.15, 0.2) is 0 Å². The first-order valence-corrected chi connectivity index (χ1v) is 6.16. The van der Waals surface area contributed by atoms with Gasteiger partial charge in [0.2, 0.25) is 5.91 Å². The third kappa shape index (κ3) is 1.79. The van der Waals surface area contributed by atoms with E-state index in [-0.39, 0.29) is 5.91 Å². The van der Waals surface area contributed by atoms with E-state index in [2.05, 4.69) is 9.55 Å². The summed E-state index contributed by atoms with van der Waals surface area (Å²) in [6.45, 7) is 0. The van der Waals surface area contributed by atoms with Gasteiger partial charge in [0, 0.05) is 17.5 Å². The number of rotatable bonds is 2. The van der Waals surface area contributed by atoms with E-state index in [4.69, 9.17) is 5.73 Å². The molecule has 0 saturated carbocycles. The minimum absolute atomic E-state index is 0.332. The van der Waals surface area contributed by atoms with Gasteiger partial charge in [-0.05, 0) is 37.0 Å². The lowest BCUT2D eigenvalue weighted by atomic mass is 9.95. The van der Waals surface area contributed by atoms with Gasteiger partial charge in [0.25, 0.3) is 0 Å². The van der Waals surface area contributed by atoms with Crippen LogP contribution in [0, 0.1) is 0 Å². The molecule has 1 aromatic heterocycles. The second kappa shape index (κ2) is 4.29. The van der Waals surface area contributed by atoms with Crippen LogP contribution in [0.1, 0.15) is 40.5 Å². The highest BCUT2D eigenvalue weighted by atomic mass is 16.1. The SMILES string of the molecule is NC(=O)c1ccc([C@H]2CCCc3cncn32)cc1.